The number of carbonyl (C=O) groups is 1. The van der Waals surface area contributed by atoms with E-state index >= 15 is 0 Å². The number of fused-ring (bicyclic) bond motifs is 1. The molecule has 0 spiro atoms. The maximum absolute atomic E-state index is 14.4. The molecule has 1 aromatic carbocycles. The molecule has 1 aromatic heterocycles. The Bertz CT molecular complexity index is 992. The van der Waals surface area contributed by atoms with E-state index in [1.165, 1.54) is 25.0 Å². The average Bonchev–Trinajstić information content (AvgIpc) is 3.35. The molecule has 7 nitrogen and oxygen atoms in total. The van der Waals surface area contributed by atoms with Crippen LogP contribution in [-0.4, -0.2) is 28.8 Å². The lowest BCUT2D eigenvalue weighted by Crippen LogP contribution is -2.27. The Morgan fingerprint density at radius 1 is 1.34 bits per heavy atom. The Balaban J connectivity index is 0.000000343. The SMILES string of the molecule is CONC1CC1.O=C(O)c1c(Nc2ccc(I)cc2F)c(F)c(=O)n2c1CCC2. The normalized spacial score (nSPS) is 14.8. The Labute approximate surface area is 179 Å². The van der Waals surface area contributed by atoms with E-state index in [9.17, 15) is 23.5 Å². The second kappa shape index (κ2) is 9.18. The van der Waals surface area contributed by atoms with E-state index in [0.29, 0.717) is 22.5 Å². The molecule has 0 saturated heterocycles. The summed E-state index contributed by atoms with van der Waals surface area (Å²) in [5.74, 6) is -3.23. The number of anilines is 2. The van der Waals surface area contributed by atoms with Crippen molar-refractivity contribution in [3.63, 3.8) is 0 Å². The molecule has 0 bridgehead atoms. The third-order valence-corrected chi connectivity index (χ3v) is 5.25. The number of pyridine rings is 1. The maximum atomic E-state index is 14.4. The van der Waals surface area contributed by atoms with E-state index in [2.05, 4.69) is 15.6 Å². The fourth-order valence-corrected chi connectivity index (χ4v) is 3.53. The van der Waals surface area contributed by atoms with Gasteiger partial charge in [0, 0.05) is 21.9 Å². The molecule has 0 amide bonds. The standard InChI is InChI=1S/C15H11F2IN2O3.C4H9NO/c16-8-6-7(18)3-4-9(8)19-13-11(15(22)23)10-2-1-5-20(10)14(21)12(13)17;1-6-5-4-2-3-4/h3-4,6,19H,1-2,5H2,(H,22,23);4-5H,2-3H2,1H3. The molecule has 2 aliphatic rings. The van der Waals surface area contributed by atoms with Gasteiger partial charge in [-0.15, -0.1) is 0 Å². The van der Waals surface area contributed by atoms with Gasteiger partial charge in [-0.25, -0.2) is 9.18 Å². The molecule has 29 heavy (non-hydrogen) atoms. The second-order valence-corrected chi connectivity index (χ2v) is 7.97. The van der Waals surface area contributed by atoms with Crippen molar-refractivity contribution in [3.8, 4) is 0 Å². The smallest absolute Gasteiger partial charge is 0.339 e. The van der Waals surface area contributed by atoms with Gasteiger partial charge in [0.1, 0.15) is 11.4 Å². The van der Waals surface area contributed by atoms with Crippen LogP contribution in [0.4, 0.5) is 20.2 Å². The number of halogens is 3. The number of nitrogens with zero attached hydrogens (tertiary/aromatic N) is 1. The highest BCUT2D eigenvalue weighted by Crippen LogP contribution is 2.30. The summed E-state index contributed by atoms with van der Waals surface area (Å²) in [6.07, 6.45) is 3.50. The van der Waals surface area contributed by atoms with Crippen LogP contribution in [-0.2, 0) is 17.8 Å². The van der Waals surface area contributed by atoms with Gasteiger partial charge in [-0.05, 0) is 66.5 Å². The molecule has 1 saturated carbocycles. The number of hydroxylamine groups is 1. The molecule has 1 aliphatic heterocycles. The zero-order valence-corrected chi connectivity index (χ0v) is 17.8. The van der Waals surface area contributed by atoms with E-state index in [4.69, 9.17) is 0 Å². The van der Waals surface area contributed by atoms with Crippen LogP contribution in [0.5, 0.6) is 0 Å². The summed E-state index contributed by atoms with van der Waals surface area (Å²) in [6, 6.07) is 4.86. The molecule has 0 unspecified atom stereocenters. The second-order valence-electron chi connectivity index (χ2n) is 6.72. The molecular formula is C19H20F2IN3O4. The first kappa shape index (κ1) is 21.7. The highest BCUT2D eigenvalue weighted by Gasteiger charge is 2.29. The van der Waals surface area contributed by atoms with Crippen LogP contribution in [0.1, 0.15) is 35.3 Å². The lowest BCUT2D eigenvalue weighted by molar-refractivity contribution is 0.0695. The van der Waals surface area contributed by atoms with E-state index < -0.39 is 28.9 Å². The Morgan fingerprint density at radius 2 is 2.07 bits per heavy atom. The first-order valence-corrected chi connectivity index (χ1v) is 10.1. The number of rotatable bonds is 5. The first-order chi connectivity index (χ1) is 13.8. The largest absolute Gasteiger partial charge is 0.478 e. The minimum absolute atomic E-state index is 0.0887. The number of benzene rings is 1. The zero-order chi connectivity index (χ0) is 21.1. The predicted octanol–water partition coefficient (Wildman–Crippen LogP) is 3.42. The molecule has 4 rings (SSSR count). The van der Waals surface area contributed by atoms with E-state index in [0.717, 1.165) is 4.57 Å². The van der Waals surface area contributed by atoms with Gasteiger partial charge in [0.25, 0.3) is 5.56 Å². The van der Waals surface area contributed by atoms with Crippen molar-refractivity contribution in [1.82, 2.24) is 10.0 Å². The molecule has 2 aromatic rings. The monoisotopic (exact) mass is 519 g/mol. The van der Waals surface area contributed by atoms with Crippen molar-refractivity contribution in [2.24, 2.45) is 0 Å². The maximum Gasteiger partial charge on any atom is 0.339 e. The summed E-state index contributed by atoms with van der Waals surface area (Å²) < 4.78 is 30.1. The van der Waals surface area contributed by atoms with Gasteiger partial charge in [-0.3, -0.25) is 4.79 Å². The summed E-state index contributed by atoms with van der Waals surface area (Å²) >= 11 is 1.92. The topological polar surface area (TPSA) is 92.6 Å². The first-order valence-electron chi connectivity index (χ1n) is 9.02. The Hall–Kier alpha value is -2.05. The lowest BCUT2D eigenvalue weighted by atomic mass is 10.1. The van der Waals surface area contributed by atoms with Crippen LogP contribution < -0.4 is 16.4 Å². The van der Waals surface area contributed by atoms with Crippen LogP contribution in [0.3, 0.4) is 0 Å². The minimum Gasteiger partial charge on any atom is -0.478 e. The van der Waals surface area contributed by atoms with Crippen molar-refractivity contribution in [2.45, 2.75) is 38.3 Å². The Morgan fingerprint density at radius 3 is 2.62 bits per heavy atom. The van der Waals surface area contributed by atoms with Crippen LogP contribution in [0.2, 0.25) is 0 Å². The highest BCUT2D eigenvalue weighted by molar-refractivity contribution is 14.1. The van der Waals surface area contributed by atoms with Gasteiger partial charge in [0.05, 0.1) is 18.5 Å². The van der Waals surface area contributed by atoms with Gasteiger partial charge in [0.15, 0.2) is 0 Å². The molecule has 10 heteroatoms. The number of hydrogen-bond donors (Lipinski definition) is 3. The molecule has 1 fully saturated rings. The van der Waals surface area contributed by atoms with Crippen LogP contribution >= 0.6 is 22.6 Å². The quantitative estimate of drug-likeness (QED) is 0.415. The number of aromatic nitrogens is 1. The molecule has 1 aliphatic carbocycles. The van der Waals surface area contributed by atoms with Gasteiger partial charge in [-0.2, -0.15) is 9.87 Å². The number of nitrogens with one attached hydrogen (secondary N) is 2. The van der Waals surface area contributed by atoms with Gasteiger partial charge in [0.2, 0.25) is 5.82 Å². The summed E-state index contributed by atoms with van der Waals surface area (Å²) in [6.45, 7) is 0.281. The number of hydrogen-bond acceptors (Lipinski definition) is 5. The van der Waals surface area contributed by atoms with Crippen LogP contribution in [0, 0.1) is 15.2 Å². The van der Waals surface area contributed by atoms with E-state index in [1.54, 1.807) is 13.2 Å². The van der Waals surface area contributed by atoms with Gasteiger partial charge >= 0.3 is 5.97 Å². The van der Waals surface area contributed by atoms with Gasteiger partial charge in [-0.1, -0.05) is 0 Å². The zero-order valence-electron chi connectivity index (χ0n) is 15.6. The number of aromatic carboxylic acids is 1. The fourth-order valence-electron chi connectivity index (χ4n) is 3.08. The van der Waals surface area contributed by atoms with Crippen molar-refractivity contribution < 1.29 is 23.5 Å². The molecular weight excluding hydrogens is 499 g/mol. The molecule has 0 radical (unpaired) electrons. The summed E-state index contributed by atoms with van der Waals surface area (Å²) in [4.78, 5) is 28.2. The minimum atomic E-state index is -1.36. The lowest BCUT2D eigenvalue weighted by Gasteiger charge is -2.15. The molecule has 3 N–H and O–H groups in total. The summed E-state index contributed by atoms with van der Waals surface area (Å²) in [5, 5.41) is 11.9. The summed E-state index contributed by atoms with van der Waals surface area (Å²) in [5.41, 5.74) is 1.29. The third kappa shape index (κ3) is 4.93. The molecule has 0 atom stereocenters. The summed E-state index contributed by atoms with van der Waals surface area (Å²) in [7, 11) is 1.65. The average molecular weight is 519 g/mol. The van der Waals surface area contributed by atoms with Crippen molar-refractivity contribution in [3.05, 3.63) is 55.0 Å². The Kier molecular flexibility index (Phi) is 6.85. The van der Waals surface area contributed by atoms with Gasteiger partial charge < -0.3 is 19.8 Å². The van der Waals surface area contributed by atoms with E-state index in [-0.39, 0.29) is 23.5 Å². The fraction of sp³-hybridized carbons (Fsp3) is 0.368. The van der Waals surface area contributed by atoms with Crippen LogP contribution in [0.25, 0.3) is 0 Å². The third-order valence-electron chi connectivity index (χ3n) is 4.58. The van der Waals surface area contributed by atoms with E-state index in [1.807, 2.05) is 22.6 Å². The van der Waals surface area contributed by atoms with Crippen molar-refractivity contribution >= 4 is 39.9 Å². The van der Waals surface area contributed by atoms with Crippen molar-refractivity contribution in [2.75, 3.05) is 12.4 Å². The molecule has 2 heterocycles. The predicted molar refractivity (Wildman–Crippen MR) is 112 cm³/mol. The number of carboxylic acid groups (broad SMARTS) is 1. The van der Waals surface area contributed by atoms with Crippen LogP contribution in [0.15, 0.2) is 23.0 Å². The van der Waals surface area contributed by atoms with Crippen molar-refractivity contribution in [1.29, 1.82) is 0 Å². The molecule has 156 valence electrons. The highest BCUT2D eigenvalue weighted by atomic mass is 127. The number of carboxylic acids is 1.